The highest BCUT2D eigenvalue weighted by molar-refractivity contribution is 5.73. The molecule has 19 heavy (non-hydrogen) atoms. The number of nitriles is 1. The molecule has 0 aromatic carbocycles. The lowest BCUT2D eigenvalue weighted by Gasteiger charge is -2.09. The monoisotopic (exact) mass is 260 g/mol. The predicted octanol–water partition coefficient (Wildman–Crippen LogP) is -0.669. The number of nitrogens with zero attached hydrogens (tertiary/aromatic N) is 5. The Morgan fingerprint density at radius 2 is 1.95 bits per heavy atom. The zero-order chi connectivity index (χ0) is 14.2. The molecule has 0 atom stereocenters. The van der Waals surface area contributed by atoms with Gasteiger partial charge in [-0.1, -0.05) is 0 Å². The Bertz CT molecular complexity index is 811. The van der Waals surface area contributed by atoms with Crippen LogP contribution in [0.2, 0.25) is 0 Å². The minimum absolute atomic E-state index is 0.00260. The van der Waals surface area contributed by atoms with Gasteiger partial charge in [-0.3, -0.25) is 13.9 Å². The highest BCUT2D eigenvalue weighted by Gasteiger charge is 2.15. The highest BCUT2D eigenvalue weighted by atomic mass is 16.2. The van der Waals surface area contributed by atoms with Gasteiger partial charge >= 0.3 is 5.69 Å². The molecule has 8 heteroatoms. The molecule has 0 spiro atoms. The van der Waals surface area contributed by atoms with Gasteiger partial charge in [0.15, 0.2) is 22.7 Å². The van der Waals surface area contributed by atoms with Gasteiger partial charge < -0.3 is 5.32 Å². The first-order chi connectivity index (χ1) is 9.01. The molecule has 0 radical (unpaired) electrons. The molecule has 0 unspecified atom stereocenters. The SMILES string of the molecule is CCNc1nc2c(nc1C#N)c(=O)n(C)c(=O)n2C. The summed E-state index contributed by atoms with van der Waals surface area (Å²) in [7, 11) is 2.86. The van der Waals surface area contributed by atoms with Gasteiger partial charge in [-0.15, -0.1) is 0 Å². The Morgan fingerprint density at radius 1 is 1.26 bits per heavy atom. The summed E-state index contributed by atoms with van der Waals surface area (Å²) in [4.78, 5) is 31.9. The molecule has 0 aliphatic heterocycles. The van der Waals surface area contributed by atoms with Gasteiger partial charge in [0.1, 0.15) is 6.07 Å². The van der Waals surface area contributed by atoms with Crippen LogP contribution < -0.4 is 16.6 Å². The second-order valence-electron chi connectivity index (χ2n) is 3.94. The molecule has 0 aliphatic carbocycles. The van der Waals surface area contributed by atoms with E-state index >= 15 is 0 Å². The van der Waals surface area contributed by atoms with Crippen molar-refractivity contribution in [1.82, 2.24) is 19.1 Å². The lowest BCUT2D eigenvalue weighted by atomic mass is 10.4. The Hall–Kier alpha value is -2.69. The van der Waals surface area contributed by atoms with E-state index in [2.05, 4.69) is 15.3 Å². The molecule has 0 amide bonds. The van der Waals surface area contributed by atoms with Crippen LogP contribution in [-0.2, 0) is 14.1 Å². The topological polar surface area (TPSA) is 106 Å². The summed E-state index contributed by atoms with van der Waals surface area (Å²) in [5.41, 5.74) is -0.861. The molecular weight excluding hydrogens is 248 g/mol. The summed E-state index contributed by atoms with van der Waals surface area (Å²) in [6, 6.07) is 1.88. The first-order valence-corrected chi connectivity index (χ1v) is 5.63. The fourth-order valence-electron chi connectivity index (χ4n) is 1.73. The smallest absolute Gasteiger partial charge is 0.332 e. The van der Waals surface area contributed by atoms with Crippen LogP contribution in [0.1, 0.15) is 12.6 Å². The Labute approximate surface area is 108 Å². The van der Waals surface area contributed by atoms with Crippen molar-refractivity contribution in [2.45, 2.75) is 6.92 Å². The Kier molecular flexibility index (Phi) is 3.04. The van der Waals surface area contributed by atoms with Crippen molar-refractivity contribution in [3.63, 3.8) is 0 Å². The van der Waals surface area contributed by atoms with Gasteiger partial charge in [0.25, 0.3) is 5.56 Å². The normalized spacial score (nSPS) is 10.4. The Balaban J connectivity index is 2.99. The average molecular weight is 260 g/mol. The summed E-state index contributed by atoms with van der Waals surface area (Å²) in [6.45, 7) is 2.39. The van der Waals surface area contributed by atoms with Crippen molar-refractivity contribution in [3.8, 4) is 6.07 Å². The predicted molar refractivity (Wildman–Crippen MR) is 68.9 cm³/mol. The van der Waals surface area contributed by atoms with Gasteiger partial charge in [-0.05, 0) is 6.92 Å². The number of aromatic nitrogens is 4. The molecule has 2 aromatic heterocycles. The van der Waals surface area contributed by atoms with E-state index in [0.29, 0.717) is 6.54 Å². The highest BCUT2D eigenvalue weighted by Crippen LogP contribution is 2.12. The van der Waals surface area contributed by atoms with Gasteiger partial charge in [0, 0.05) is 20.6 Å². The molecular formula is C11H12N6O2. The zero-order valence-corrected chi connectivity index (χ0v) is 10.8. The van der Waals surface area contributed by atoms with Crippen LogP contribution in [-0.4, -0.2) is 25.6 Å². The van der Waals surface area contributed by atoms with Gasteiger partial charge in [-0.25, -0.2) is 14.8 Å². The van der Waals surface area contributed by atoms with Gasteiger partial charge in [0.2, 0.25) is 0 Å². The van der Waals surface area contributed by atoms with E-state index in [1.807, 2.05) is 13.0 Å². The van der Waals surface area contributed by atoms with E-state index in [9.17, 15) is 9.59 Å². The van der Waals surface area contributed by atoms with Crippen molar-refractivity contribution in [2.75, 3.05) is 11.9 Å². The minimum Gasteiger partial charge on any atom is -0.368 e. The maximum Gasteiger partial charge on any atom is 0.332 e. The summed E-state index contributed by atoms with van der Waals surface area (Å²) in [5.74, 6) is 0.265. The number of fused-ring (bicyclic) bond motifs is 1. The molecule has 0 aliphatic rings. The third-order valence-electron chi connectivity index (χ3n) is 2.73. The van der Waals surface area contributed by atoms with Crippen LogP contribution in [0.15, 0.2) is 9.59 Å². The van der Waals surface area contributed by atoms with Crippen LogP contribution in [0, 0.1) is 11.3 Å². The second-order valence-corrected chi connectivity index (χ2v) is 3.94. The number of aryl methyl sites for hydroxylation is 1. The molecule has 1 N–H and O–H groups in total. The van der Waals surface area contributed by atoms with E-state index in [1.54, 1.807) is 0 Å². The van der Waals surface area contributed by atoms with E-state index in [0.717, 1.165) is 4.57 Å². The first kappa shape index (κ1) is 12.8. The maximum atomic E-state index is 12.0. The van der Waals surface area contributed by atoms with Crippen LogP contribution in [0.4, 0.5) is 5.82 Å². The fraction of sp³-hybridized carbons (Fsp3) is 0.364. The lowest BCUT2D eigenvalue weighted by Crippen LogP contribution is -2.38. The molecule has 0 saturated heterocycles. The van der Waals surface area contributed by atoms with E-state index in [-0.39, 0.29) is 22.7 Å². The van der Waals surface area contributed by atoms with Gasteiger partial charge in [-0.2, -0.15) is 5.26 Å². The number of rotatable bonds is 2. The molecule has 2 aromatic rings. The summed E-state index contributed by atoms with van der Waals surface area (Å²) >= 11 is 0. The maximum absolute atomic E-state index is 12.0. The molecule has 0 bridgehead atoms. The number of nitrogens with one attached hydrogen (secondary N) is 1. The molecule has 0 saturated carbocycles. The van der Waals surface area contributed by atoms with E-state index in [1.165, 1.54) is 18.7 Å². The van der Waals surface area contributed by atoms with Crippen molar-refractivity contribution in [2.24, 2.45) is 14.1 Å². The van der Waals surface area contributed by atoms with Crippen molar-refractivity contribution in [1.29, 1.82) is 5.26 Å². The lowest BCUT2D eigenvalue weighted by molar-refractivity contribution is 0.704. The second kappa shape index (κ2) is 4.53. The number of hydrogen-bond acceptors (Lipinski definition) is 6. The van der Waals surface area contributed by atoms with Crippen LogP contribution in [0.3, 0.4) is 0 Å². The summed E-state index contributed by atoms with van der Waals surface area (Å²) in [5, 5.41) is 11.9. The summed E-state index contributed by atoms with van der Waals surface area (Å²) in [6.07, 6.45) is 0. The third kappa shape index (κ3) is 1.85. The van der Waals surface area contributed by atoms with Crippen LogP contribution in [0.5, 0.6) is 0 Å². The van der Waals surface area contributed by atoms with Crippen molar-refractivity contribution in [3.05, 3.63) is 26.5 Å². The molecule has 2 heterocycles. The van der Waals surface area contributed by atoms with Crippen LogP contribution >= 0.6 is 0 Å². The Morgan fingerprint density at radius 3 is 2.53 bits per heavy atom. The summed E-state index contributed by atoms with van der Waals surface area (Å²) < 4.78 is 2.16. The first-order valence-electron chi connectivity index (χ1n) is 5.63. The fourth-order valence-corrected chi connectivity index (χ4v) is 1.73. The van der Waals surface area contributed by atoms with E-state index in [4.69, 9.17) is 5.26 Å². The van der Waals surface area contributed by atoms with Crippen molar-refractivity contribution >= 4 is 17.0 Å². The molecule has 0 fully saturated rings. The number of hydrogen-bond donors (Lipinski definition) is 1. The molecule has 98 valence electrons. The minimum atomic E-state index is -0.565. The molecule has 8 nitrogen and oxygen atoms in total. The van der Waals surface area contributed by atoms with Crippen LogP contribution in [0.25, 0.3) is 11.2 Å². The van der Waals surface area contributed by atoms with Gasteiger partial charge in [0.05, 0.1) is 0 Å². The number of anilines is 1. The van der Waals surface area contributed by atoms with Crippen molar-refractivity contribution < 1.29 is 0 Å². The zero-order valence-electron chi connectivity index (χ0n) is 10.8. The largest absolute Gasteiger partial charge is 0.368 e. The standard InChI is InChI=1S/C11H12N6O2/c1-4-13-8-6(5-12)14-7-9(15-8)16(2)11(19)17(3)10(7)18/h4H2,1-3H3,(H,13,15). The molecule has 2 rings (SSSR count). The third-order valence-corrected chi connectivity index (χ3v) is 2.73. The van der Waals surface area contributed by atoms with E-state index < -0.39 is 11.2 Å². The average Bonchev–Trinajstić information content (AvgIpc) is 2.42. The quantitative estimate of drug-likeness (QED) is 0.767.